The fourth-order valence-corrected chi connectivity index (χ4v) is 2.99. The van der Waals surface area contributed by atoms with E-state index in [4.69, 9.17) is 17.4 Å². The minimum Gasteiger partial charge on any atom is -0.271 e. The van der Waals surface area contributed by atoms with Gasteiger partial charge in [0.1, 0.15) is 5.82 Å². The number of hydrogen-bond donors (Lipinski definition) is 2. The van der Waals surface area contributed by atoms with E-state index in [0.29, 0.717) is 15.9 Å². The lowest BCUT2D eigenvalue weighted by Gasteiger charge is -2.17. The van der Waals surface area contributed by atoms with Crippen LogP contribution in [-0.4, -0.2) is 0 Å². The minimum absolute atomic E-state index is 0.128. The zero-order valence-corrected chi connectivity index (χ0v) is 14.3. The fourth-order valence-electron chi connectivity index (χ4n) is 1.97. The summed E-state index contributed by atoms with van der Waals surface area (Å²) in [6.07, 6.45) is 0.570. The summed E-state index contributed by atoms with van der Waals surface area (Å²) in [5, 5.41) is 0.637. The monoisotopic (exact) mass is 420 g/mol. The summed E-state index contributed by atoms with van der Waals surface area (Å²) in [6.45, 7) is 0. The molecule has 0 aliphatic heterocycles. The third kappa shape index (κ3) is 4.02. The van der Waals surface area contributed by atoms with Crippen LogP contribution in [-0.2, 0) is 6.42 Å². The molecule has 2 nitrogen and oxygen atoms in total. The van der Waals surface area contributed by atoms with Gasteiger partial charge < -0.3 is 0 Å². The maximum Gasteiger partial charge on any atom is 0.124 e. The summed E-state index contributed by atoms with van der Waals surface area (Å²) in [4.78, 5) is 0. The van der Waals surface area contributed by atoms with Gasteiger partial charge in [0, 0.05) is 8.95 Å². The van der Waals surface area contributed by atoms with Crippen molar-refractivity contribution in [2.24, 2.45) is 5.84 Å². The predicted octanol–water partition coefficient (Wildman–Crippen LogP) is 4.75. The predicted molar refractivity (Wildman–Crippen MR) is 87.0 cm³/mol. The van der Waals surface area contributed by atoms with Gasteiger partial charge in [-0.1, -0.05) is 33.6 Å². The number of nitrogens with two attached hydrogens (primary N) is 1. The van der Waals surface area contributed by atoms with E-state index in [2.05, 4.69) is 37.3 Å². The Labute approximate surface area is 138 Å². The first-order valence-corrected chi connectivity index (χ1v) is 7.82. The van der Waals surface area contributed by atoms with Crippen LogP contribution in [0.1, 0.15) is 17.2 Å². The van der Waals surface area contributed by atoms with Crippen molar-refractivity contribution in [1.29, 1.82) is 0 Å². The largest absolute Gasteiger partial charge is 0.271 e. The Bertz CT molecular complexity index is 602. The highest BCUT2D eigenvalue weighted by atomic mass is 79.9. The Kier molecular flexibility index (Phi) is 5.57. The Morgan fingerprint density at radius 1 is 1.20 bits per heavy atom. The average Bonchev–Trinajstić information content (AvgIpc) is 2.38. The Hall–Kier alpha value is -0.460. The Morgan fingerprint density at radius 3 is 2.55 bits per heavy atom. The molecule has 106 valence electrons. The van der Waals surface area contributed by atoms with Crippen molar-refractivity contribution in [2.45, 2.75) is 12.5 Å². The summed E-state index contributed by atoms with van der Waals surface area (Å²) >= 11 is 12.6. The molecule has 0 saturated carbocycles. The molecule has 0 aromatic heterocycles. The number of benzene rings is 2. The van der Waals surface area contributed by atoms with Crippen molar-refractivity contribution in [1.82, 2.24) is 5.43 Å². The van der Waals surface area contributed by atoms with Crippen LogP contribution in [0.3, 0.4) is 0 Å². The molecule has 2 aromatic carbocycles. The van der Waals surface area contributed by atoms with Crippen molar-refractivity contribution in [3.63, 3.8) is 0 Å². The SMILES string of the molecule is NNC(Cc1cc(F)cc(Br)c1)c1ccc(Cl)c(Br)c1. The number of nitrogens with one attached hydrogen (secondary N) is 1. The highest BCUT2D eigenvalue weighted by Gasteiger charge is 2.13. The number of rotatable bonds is 4. The summed E-state index contributed by atoms with van der Waals surface area (Å²) < 4.78 is 14.9. The quantitative estimate of drug-likeness (QED) is 0.551. The molecule has 2 aromatic rings. The lowest BCUT2D eigenvalue weighted by Crippen LogP contribution is -2.29. The van der Waals surface area contributed by atoms with Gasteiger partial charge in [-0.05, 0) is 63.8 Å². The van der Waals surface area contributed by atoms with Gasteiger partial charge in [0.15, 0.2) is 0 Å². The smallest absolute Gasteiger partial charge is 0.124 e. The molecule has 0 saturated heterocycles. The fraction of sp³-hybridized carbons (Fsp3) is 0.143. The third-order valence-corrected chi connectivity index (χ3v) is 4.58. The van der Waals surface area contributed by atoms with E-state index < -0.39 is 0 Å². The van der Waals surface area contributed by atoms with Crippen LogP contribution in [0.5, 0.6) is 0 Å². The lowest BCUT2D eigenvalue weighted by atomic mass is 9.99. The van der Waals surface area contributed by atoms with E-state index in [1.807, 2.05) is 18.2 Å². The highest BCUT2D eigenvalue weighted by Crippen LogP contribution is 2.28. The zero-order valence-electron chi connectivity index (χ0n) is 10.3. The summed E-state index contributed by atoms with van der Waals surface area (Å²) in [6, 6.07) is 10.3. The molecule has 0 bridgehead atoms. The normalized spacial score (nSPS) is 12.4. The van der Waals surface area contributed by atoms with E-state index in [9.17, 15) is 4.39 Å². The molecule has 20 heavy (non-hydrogen) atoms. The second-order valence-corrected chi connectivity index (χ2v) is 6.55. The van der Waals surface area contributed by atoms with Gasteiger partial charge in [-0.15, -0.1) is 0 Å². The number of halogens is 4. The van der Waals surface area contributed by atoms with Gasteiger partial charge in [0.05, 0.1) is 11.1 Å². The van der Waals surface area contributed by atoms with E-state index in [-0.39, 0.29) is 11.9 Å². The Morgan fingerprint density at radius 2 is 1.95 bits per heavy atom. The molecule has 1 unspecified atom stereocenters. The molecule has 1 atom stereocenters. The number of hydrazine groups is 1. The first-order chi connectivity index (χ1) is 9.49. The van der Waals surface area contributed by atoms with Gasteiger partial charge >= 0.3 is 0 Å². The molecular weight excluding hydrogens is 410 g/mol. The van der Waals surface area contributed by atoms with Crippen LogP contribution in [0.4, 0.5) is 4.39 Å². The first-order valence-electron chi connectivity index (χ1n) is 5.85. The van der Waals surface area contributed by atoms with E-state index in [1.165, 1.54) is 12.1 Å². The van der Waals surface area contributed by atoms with Crippen LogP contribution in [0.15, 0.2) is 45.3 Å². The molecule has 0 aliphatic carbocycles. The van der Waals surface area contributed by atoms with Crippen LogP contribution >= 0.6 is 43.5 Å². The second kappa shape index (κ2) is 7.00. The average molecular weight is 423 g/mol. The molecular formula is C14H12Br2ClFN2. The summed E-state index contributed by atoms with van der Waals surface area (Å²) in [7, 11) is 0. The first kappa shape index (κ1) is 15.9. The number of hydrogen-bond acceptors (Lipinski definition) is 2. The third-order valence-electron chi connectivity index (χ3n) is 2.91. The van der Waals surface area contributed by atoms with E-state index >= 15 is 0 Å². The van der Waals surface area contributed by atoms with E-state index in [1.54, 1.807) is 6.07 Å². The molecule has 0 spiro atoms. The van der Waals surface area contributed by atoms with Gasteiger partial charge in [-0.2, -0.15) is 0 Å². The summed E-state index contributed by atoms with van der Waals surface area (Å²) in [5.41, 5.74) is 4.58. The van der Waals surface area contributed by atoms with Crippen molar-refractivity contribution in [3.05, 3.63) is 67.3 Å². The Balaban J connectivity index is 2.26. The second-order valence-electron chi connectivity index (χ2n) is 4.37. The van der Waals surface area contributed by atoms with Gasteiger partial charge in [0.2, 0.25) is 0 Å². The van der Waals surface area contributed by atoms with Crippen LogP contribution in [0.2, 0.25) is 5.02 Å². The molecule has 2 rings (SSSR count). The molecule has 3 N–H and O–H groups in total. The molecule has 0 heterocycles. The van der Waals surface area contributed by atoms with Crippen molar-refractivity contribution in [2.75, 3.05) is 0 Å². The maximum atomic E-state index is 13.4. The topological polar surface area (TPSA) is 38.0 Å². The van der Waals surface area contributed by atoms with Crippen LogP contribution in [0.25, 0.3) is 0 Å². The van der Waals surface area contributed by atoms with Gasteiger partial charge in [0.25, 0.3) is 0 Å². The van der Waals surface area contributed by atoms with Crippen LogP contribution < -0.4 is 11.3 Å². The highest BCUT2D eigenvalue weighted by molar-refractivity contribution is 9.10. The lowest BCUT2D eigenvalue weighted by molar-refractivity contribution is 0.548. The standard InChI is InChI=1S/C14H12Br2ClFN2/c15-10-3-8(4-11(18)7-10)5-14(20-19)9-1-2-13(17)12(16)6-9/h1-4,6-7,14,20H,5,19H2. The molecule has 0 aliphatic rings. The summed E-state index contributed by atoms with van der Waals surface area (Å²) in [5.74, 6) is 5.34. The maximum absolute atomic E-state index is 13.4. The van der Waals surface area contributed by atoms with E-state index in [0.717, 1.165) is 15.6 Å². The van der Waals surface area contributed by atoms with Gasteiger partial charge in [-0.25, -0.2) is 4.39 Å². The molecule has 0 radical (unpaired) electrons. The van der Waals surface area contributed by atoms with Crippen molar-refractivity contribution < 1.29 is 4.39 Å². The molecule has 6 heteroatoms. The zero-order chi connectivity index (χ0) is 14.7. The molecule has 0 amide bonds. The van der Waals surface area contributed by atoms with Gasteiger partial charge in [-0.3, -0.25) is 11.3 Å². The van der Waals surface area contributed by atoms with Crippen LogP contribution in [0, 0.1) is 5.82 Å². The van der Waals surface area contributed by atoms with Crippen molar-refractivity contribution in [3.8, 4) is 0 Å². The minimum atomic E-state index is -0.276. The van der Waals surface area contributed by atoms with Crippen molar-refractivity contribution >= 4 is 43.5 Å². The molecule has 0 fully saturated rings.